The minimum absolute atomic E-state index is 0.108. The van der Waals surface area contributed by atoms with Crippen molar-refractivity contribution in [2.24, 2.45) is 0 Å². The van der Waals surface area contributed by atoms with E-state index in [0.29, 0.717) is 19.8 Å². The largest absolute Gasteiger partial charge is 0.377 e. The molecule has 1 aliphatic rings. The van der Waals surface area contributed by atoms with Crippen molar-refractivity contribution in [1.29, 1.82) is 0 Å². The lowest BCUT2D eigenvalue weighted by atomic mass is 10.0. The van der Waals surface area contributed by atoms with E-state index in [2.05, 4.69) is 15.9 Å². The molecule has 94 valence electrons. The standard InChI is InChI=1S/C12H16BrNO2S/c1-8-6-9(17-10(8)13)11(15)14-4-5-16-7-12(14,2)3/h6H,4-5,7H2,1-3H3. The maximum atomic E-state index is 12.4. The number of amides is 1. The second kappa shape index (κ2) is 4.71. The molecule has 1 fully saturated rings. The second-order valence-electron chi connectivity index (χ2n) is 4.89. The molecule has 0 radical (unpaired) electrons. The van der Waals surface area contributed by atoms with Gasteiger partial charge in [0.15, 0.2) is 0 Å². The lowest BCUT2D eigenvalue weighted by Crippen LogP contribution is -2.55. The lowest BCUT2D eigenvalue weighted by molar-refractivity contribution is -0.0368. The van der Waals surface area contributed by atoms with Gasteiger partial charge in [-0.05, 0) is 48.3 Å². The van der Waals surface area contributed by atoms with Crippen LogP contribution in [0.25, 0.3) is 0 Å². The van der Waals surface area contributed by atoms with Gasteiger partial charge in [0.25, 0.3) is 5.91 Å². The van der Waals surface area contributed by atoms with Crippen molar-refractivity contribution in [2.75, 3.05) is 19.8 Å². The number of carbonyl (C=O) groups excluding carboxylic acids is 1. The van der Waals surface area contributed by atoms with Crippen LogP contribution in [0.3, 0.4) is 0 Å². The molecule has 0 bridgehead atoms. The van der Waals surface area contributed by atoms with Gasteiger partial charge in [-0.25, -0.2) is 0 Å². The first-order valence-corrected chi connectivity index (χ1v) is 7.18. The molecule has 3 nitrogen and oxygen atoms in total. The Labute approximate surface area is 114 Å². The highest BCUT2D eigenvalue weighted by molar-refractivity contribution is 9.11. The quantitative estimate of drug-likeness (QED) is 0.796. The Hall–Kier alpha value is -0.390. The Morgan fingerprint density at radius 1 is 1.59 bits per heavy atom. The number of nitrogens with zero attached hydrogens (tertiary/aromatic N) is 1. The van der Waals surface area contributed by atoms with Crippen LogP contribution in [0.15, 0.2) is 9.85 Å². The predicted octanol–water partition coefficient (Wildman–Crippen LogP) is 3.07. The first-order chi connectivity index (χ1) is 7.92. The lowest BCUT2D eigenvalue weighted by Gasteiger charge is -2.41. The fraction of sp³-hybridized carbons (Fsp3) is 0.583. The number of hydrogen-bond donors (Lipinski definition) is 0. The Balaban J connectivity index is 2.24. The van der Waals surface area contributed by atoms with Gasteiger partial charge in [-0.1, -0.05) is 0 Å². The number of thiophene rings is 1. The van der Waals surface area contributed by atoms with E-state index in [9.17, 15) is 4.79 Å². The van der Waals surface area contributed by atoms with Crippen molar-refractivity contribution in [2.45, 2.75) is 26.3 Å². The zero-order chi connectivity index (χ0) is 12.6. The summed E-state index contributed by atoms with van der Waals surface area (Å²) in [4.78, 5) is 15.1. The first-order valence-electron chi connectivity index (χ1n) is 5.57. The van der Waals surface area contributed by atoms with Crippen LogP contribution in [0.4, 0.5) is 0 Å². The highest BCUT2D eigenvalue weighted by atomic mass is 79.9. The van der Waals surface area contributed by atoms with E-state index in [1.165, 1.54) is 11.3 Å². The molecule has 1 aliphatic heterocycles. The molecule has 17 heavy (non-hydrogen) atoms. The van der Waals surface area contributed by atoms with E-state index in [0.717, 1.165) is 14.2 Å². The van der Waals surface area contributed by atoms with E-state index < -0.39 is 0 Å². The SMILES string of the molecule is Cc1cc(C(=O)N2CCOCC2(C)C)sc1Br. The highest BCUT2D eigenvalue weighted by Gasteiger charge is 2.35. The van der Waals surface area contributed by atoms with E-state index in [4.69, 9.17) is 4.74 Å². The van der Waals surface area contributed by atoms with E-state index in [-0.39, 0.29) is 11.4 Å². The fourth-order valence-corrected chi connectivity index (χ4v) is 3.42. The number of carbonyl (C=O) groups is 1. The van der Waals surface area contributed by atoms with Gasteiger partial charge >= 0.3 is 0 Å². The van der Waals surface area contributed by atoms with Crippen LogP contribution in [0, 0.1) is 6.92 Å². The molecule has 0 aliphatic carbocycles. The third-order valence-electron chi connectivity index (χ3n) is 2.96. The molecule has 0 spiro atoms. The molecular weight excluding hydrogens is 302 g/mol. The van der Waals surface area contributed by atoms with Gasteiger partial charge in [-0.2, -0.15) is 0 Å². The maximum Gasteiger partial charge on any atom is 0.264 e. The summed E-state index contributed by atoms with van der Waals surface area (Å²) in [5.41, 5.74) is 0.893. The number of hydrogen-bond acceptors (Lipinski definition) is 3. The third-order valence-corrected chi connectivity index (χ3v) is 5.08. The molecule has 5 heteroatoms. The number of halogens is 1. The minimum Gasteiger partial charge on any atom is -0.377 e. The number of ether oxygens (including phenoxy) is 1. The summed E-state index contributed by atoms with van der Waals surface area (Å²) in [6.07, 6.45) is 0. The van der Waals surface area contributed by atoms with Crippen molar-refractivity contribution in [3.8, 4) is 0 Å². The van der Waals surface area contributed by atoms with Gasteiger partial charge < -0.3 is 9.64 Å². The maximum absolute atomic E-state index is 12.4. The summed E-state index contributed by atoms with van der Waals surface area (Å²) in [5, 5.41) is 0. The third kappa shape index (κ3) is 2.56. The molecule has 2 rings (SSSR count). The smallest absolute Gasteiger partial charge is 0.264 e. The van der Waals surface area contributed by atoms with Crippen LogP contribution in [-0.4, -0.2) is 36.1 Å². The zero-order valence-electron chi connectivity index (χ0n) is 10.2. The molecule has 0 aromatic carbocycles. The Morgan fingerprint density at radius 2 is 2.29 bits per heavy atom. The summed E-state index contributed by atoms with van der Waals surface area (Å²) in [5.74, 6) is 0.108. The van der Waals surface area contributed by atoms with Crippen molar-refractivity contribution >= 4 is 33.2 Å². The van der Waals surface area contributed by atoms with Crippen LogP contribution >= 0.6 is 27.3 Å². The van der Waals surface area contributed by atoms with Gasteiger partial charge in [0.05, 0.1) is 27.4 Å². The van der Waals surface area contributed by atoms with Crippen LogP contribution in [0.2, 0.25) is 0 Å². The molecular formula is C12H16BrNO2S. The topological polar surface area (TPSA) is 29.5 Å². The molecule has 0 atom stereocenters. The molecule has 1 amide bonds. The molecule has 1 aromatic rings. The number of aryl methyl sites for hydroxylation is 1. The Kier molecular flexibility index (Phi) is 3.61. The van der Waals surface area contributed by atoms with Crippen molar-refractivity contribution < 1.29 is 9.53 Å². The average Bonchev–Trinajstić information content (AvgIpc) is 2.58. The Morgan fingerprint density at radius 3 is 2.82 bits per heavy atom. The second-order valence-corrected chi connectivity index (χ2v) is 7.26. The summed E-state index contributed by atoms with van der Waals surface area (Å²) < 4.78 is 6.46. The van der Waals surface area contributed by atoms with Gasteiger partial charge in [0, 0.05) is 6.54 Å². The van der Waals surface area contributed by atoms with Crippen molar-refractivity contribution in [3.05, 3.63) is 20.3 Å². The molecule has 0 saturated carbocycles. The Bertz CT molecular complexity index is 422. The summed E-state index contributed by atoms with van der Waals surface area (Å²) in [7, 11) is 0. The zero-order valence-corrected chi connectivity index (χ0v) is 12.7. The van der Waals surface area contributed by atoms with Crippen molar-refractivity contribution in [1.82, 2.24) is 4.90 Å². The van der Waals surface area contributed by atoms with Crippen LogP contribution in [0.1, 0.15) is 29.1 Å². The highest BCUT2D eigenvalue weighted by Crippen LogP contribution is 2.30. The van der Waals surface area contributed by atoms with Crippen LogP contribution in [0.5, 0.6) is 0 Å². The normalized spacial score (nSPS) is 19.4. The van der Waals surface area contributed by atoms with Crippen molar-refractivity contribution in [3.63, 3.8) is 0 Å². The average molecular weight is 318 g/mol. The molecule has 2 heterocycles. The summed E-state index contributed by atoms with van der Waals surface area (Å²) in [6.45, 7) is 7.98. The van der Waals surface area contributed by atoms with E-state index in [1.807, 2.05) is 31.7 Å². The van der Waals surface area contributed by atoms with Crippen LogP contribution < -0.4 is 0 Å². The number of rotatable bonds is 1. The van der Waals surface area contributed by atoms with Gasteiger partial charge in [0.2, 0.25) is 0 Å². The molecule has 0 N–H and O–H groups in total. The first kappa shape index (κ1) is 13.1. The molecule has 1 saturated heterocycles. The van der Waals surface area contributed by atoms with E-state index >= 15 is 0 Å². The van der Waals surface area contributed by atoms with Gasteiger partial charge in [-0.15, -0.1) is 11.3 Å². The fourth-order valence-electron chi connectivity index (χ4n) is 1.93. The van der Waals surface area contributed by atoms with Gasteiger partial charge in [0.1, 0.15) is 0 Å². The summed E-state index contributed by atoms with van der Waals surface area (Å²) in [6, 6.07) is 1.95. The monoisotopic (exact) mass is 317 g/mol. The predicted molar refractivity (Wildman–Crippen MR) is 72.7 cm³/mol. The van der Waals surface area contributed by atoms with Gasteiger partial charge in [-0.3, -0.25) is 4.79 Å². The minimum atomic E-state index is -0.223. The van der Waals surface area contributed by atoms with E-state index in [1.54, 1.807) is 0 Å². The van der Waals surface area contributed by atoms with Crippen LogP contribution in [-0.2, 0) is 4.74 Å². The molecule has 1 aromatic heterocycles. The number of morpholine rings is 1. The molecule has 0 unspecified atom stereocenters. The summed E-state index contributed by atoms with van der Waals surface area (Å²) >= 11 is 4.96.